The molecule has 132 valence electrons. The number of ether oxygens (including phenoxy) is 3. The van der Waals surface area contributed by atoms with Crippen molar-refractivity contribution >= 4 is 17.5 Å². The fourth-order valence-corrected chi connectivity index (χ4v) is 2.73. The van der Waals surface area contributed by atoms with Gasteiger partial charge in [-0.1, -0.05) is 36.4 Å². The monoisotopic (exact) mass is 342 g/mol. The summed E-state index contributed by atoms with van der Waals surface area (Å²) in [6, 6.07) is 9.67. The van der Waals surface area contributed by atoms with Gasteiger partial charge in [0.2, 0.25) is 0 Å². The molecule has 0 heterocycles. The molecule has 5 heteroatoms. The van der Waals surface area contributed by atoms with Gasteiger partial charge in [-0.15, -0.1) is 0 Å². The average molecular weight is 342 g/mol. The van der Waals surface area contributed by atoms with Crippen LogP contribution in [0, 0.1) is 5.92 Å². The summed E-state index contributed by atoms with van der Waals surface area (Å²) in [5, 5.41) is 0. The number of methoxy groups -OCH3 is 3. The zero-order valence-corrected chi connectivity index (χ0v) is 14.7. The van der Waals surface area contributed by atoms with Gasteiger partial charge in [-0.25, -0.2) is 0 Å². The maximum atomic E-state index is 12.1. The Hall–Kier alpha value is -2.82. The van der Waals surface area contributed by atoms with E-state index in [1.165, 1.54) is 14.2 Å². The maximum Gasteiger partial charge on any atom is 0.320 e. The van der Waals surface area contributed by atoms with Crippen molar-refractivity contribution < 1.29 is 23.8 Å². The SMILES string of the molecule is COC(=O)C(C/C(=C1/C=CC(OC)=CC1)c1ccccc1)C(=O)OC. The molecule has 0 N–H and O–H groups in total. The third-order valence-corrected chi connectivity index (χ3v) is 4.10. The van der Waals surface area contributed by atoms with Crippen LogP contribution in [0.2, 0.25) is 0 Å². The second-order valence-electron chi connectivity index (χ2n) is 5.52. The average Bonchev–Trinajstić information content (AvgIpc) is 2.68. The smallest absolute Gasteiger partial charge is 0.320 e. The summed E-state index contributed by atoms with van der Waals surface area (Å²) >= 11 is 0. The molecule has 0 amide bonds. The highest BCUT2D eigenvalue weighted by molar-refractivity contribution is 5.97. The second-order valence-corrected chi connectivity index (χ2v) is 5.52. The molecule has 0 bridgehead atoms. The van der Waals surface area contributed by atoms with Gasteiger partial charge in [-0.2, -0.15) is 0 Å². The van der Waals surface area contributed by atoms with Gasteiger partial charge in [-0.05, 0) is 41.7 Å². The lowest BCUT2D eigenvalue weighted by molar-refractivity contribution is -0.158. The zero-order valence-electron chi connectivity index (χ0n) is 14.7. The van der Waals surface area contributed by atoms with E-state index < -0.39 is 17.9 Å². The van der Waals surface area contributed by atoms with Crippen molar-refractivity contribution in [2.24, 2.45) is 5.92 Å². The van der Waals surface area contributed by atoms with Crippen molar-refractivity contribution in [1.29, 1.82) is 0 Å². The lowest BCUT2D eigenvalue weighted by atomic mass is 9.88. The topological polar surface area (TPSA) is 61.8 Å². The molecule has 0 saturated heterocycles. The van der Waals surface area contributed by atoms with Crippen LogP contribution in [0.25, 0.3) is 5.57 Å². The van der Waals surface area contributed by atoms with Gasteiger partial charge in [0.15, 0.2) is 5.92 Å². The first-order valence-corrected chi connectivity index (χ1v) is 7.96. The number of carbonyl (C=O) groups excluding carboxylic acids is 2. The van der Waals surface area contributed by atoms with E-state index in [-0.39, 0.29) is 6.42 Å². The number of hydrogen-bond donors (Lipinski definition) is 0. The number of esters is 2. The lowest BCUT2D eigenvalue weighted by Crippen LogP contribution is -2.27. The highest BCUT2D eigenvalue weighted by Crippen LogP contribution is 2.32. The van der Waals surface area contributed by atoms with Crippen LogP contribution in [0.4, 0.5) is 0 Å². The molecule has 1 aliphatic carbocycles. The van der Waals surface area contributed by atoms with Crippen molar-refractivity contribution in [3.05, 3.63) is 65.5 Å². The Bertz CT molecular complexity index is 697. The maximum absolute atomic E-state index is 12.1. The summed E-state index contributed by atoms with van der Waals surface area (Å²) in [7, 11) is 4.15. The third-order valence-electron chi connectivity index (χ3n) is 4.10. The van der Waals surface area contributed by atoms with Gasteiger partial charge in [0.1, 0.15) is 5.76 Å². The highest BCUT2D eigenvalue weighted by Gasteiger charge is 2.30. The van der Waals surface area contributed by atoms with Crippen LogP contribution < -0.4 is 0 Å². The Morgan fingerprint density at radius 1 is 1.00 bits per heavy atom. The van der Waals surface area contributed by atoms with E-state index >= 15 is 0 Å². The molecule has 2 rings (SSSR count). The first-order valence-electron chi connectivity index (χ1n) is 7.96. The Balaban J connectivity index is 2.43. The first kappa shape index (κ1) is 18.5. The molecule has 0 saturated carbocycles. The quantitative estimate of drug-likeness (QED) is 0.586. The van der Waals surface area contributed by atoms with E-state index in [9.17, 15) is 9.59 Å². The number of allylic oxidation sites excluding steroid dienone is 5. The molecule has 1 aromatic rings. The van der Waals surface area contributed by atoms with Gasteiger partial charge >= 0.3 is 11.9 Å². The molecule has 25 heavy (non-hydrogen) atoms. The van der Waals surface area contributed by atoms with Crippen LogP contribution in [0.1, 0.15) is 18.4 Å². The molecule has 1 aromatic carbocycles. The van der Waals surface area contributed by atoms with E-state index in [1.807, 2.05) is 48.6 Å². The lowest BCUT2D eigenvalue weighted by Gasteiger charge is -2.19. The third kappa shape index (κ3) is 4.59. The van der Waals surface area contributed by atoms with Crippen LogP contribution >= 0.6 is 0 Å². The normalized spacial score (nSPS) is 15.4. The Morgan fingerprint density at radius 3 is 2.12 bits per heavy atom. The molecule has 0 aliphatic heterocycles. The summed E-state index contributed by atoms with van der Waals surface area (Å²) in [6.45, 7) is 0. The van der Waals surface area contributed by atoms with E-state index in [0.717, 1.165) is 22.5 Å². The first-order chi connectivity index (χ1) is 12.1. The van der Waals surface area contributed by atoms with Gasteiger partial charge in [-0.3, -0.25) is 9.59 Å². The largest absolute Gasteiger partial charge is 0.497 e. The van der Waals surface area contributed by atoms with E-state index in [2.05, 4.69) is 0 Å². The number of rotatable bonds is 6. The van der Waals surface area contributed by atoms with E-state index in [1.54, 1.807) is 7.11 Å². The molecule has 0 unspecified atom stereocenters. The molecular weight excluding hydrogens is 320 g/mol. The molecule has 0 atom stereocenters. The summed E-state index contributed by atoms with van der Waals surface area (Å²) in [6.07, 6.45) is 6.64. The number of carbonyl (C=O) groups is 2. The highest BCUT2D eigenvalue weighted by atomic mass is 16.5. The summed E-state index contributed by atoms with van der Waals surface area (Å²) in [5.41, 5.74) is 2.88. The molecule has 1 aliphatic rings. The summed E-state index contributed by atoms with van der Waals surface area (Å²) < 4.78 is 14.8. The van der Waals surface area contributed by atoms with Gasteiger partial charge in [0.05, 0.1) is 21.3 Å². The van der Waals surface area contributed by atoms with E-state index in [4.69, 9.17) is 14.2 Å². The molecular formula is C20H22O5. The zero-order chi connectivity index (χ0) is 18.2. The van der Waals surface area contributed by atoms with Crippen molar-refractivity contribution in [2.45, 2.75) is 12.8 Å². The summed E-state index contributed by atoms with van der Waals surface area (Å²) in [5.74, 6) is -1.42. The molecule has 0 radical (unpaired) electrons. The fraction of sp³-hybridized carbons (Fsp3) is 0.300. The van der Waals surface area contributed by atoms with Crippen LogP contribution in [-0.4, -0.2) is 33.3 Å². The minimum atomic E-state index is -1.00. The van der Waals surface area contributed by atoms with Crippen LogP contribution in [0.3, 0.4) is 0 Å². The molecule has 5 nitrogen and oxygen atoms in total. The summed E-state index contributed by atoms with van der Waals surface area (Å²) in [4.78, 5) is 24.1. The van der Waals surface area contributed by atoms with Crippen molar-refractivity contribution in [3.63, 3.8) is 0 Å². The van der Waals surface area contributed by atoms with Crippen LogP contribution in [-0.2, 0) is 23.8 Å². The number of benzene rings is 1. The molecule has 0 fully saturated rings. The minimum Gasteiger partial charge on any atom is -0.497 e. The second kappa shape index (κ2) is 8.87. The predicted molar refractivity (Wildman–Crippen MR) is 94.4 cm³/mol. The van der Waals surface area contributed by atoms with Crippen LogP contribution in [0.15, 0.2) is 59.9 Å². The predicted octanol–water partition coefficient (Wildman–Crippen LogP) is 3.28. The van der Waals surface area contributed by atoms with Crippen molar-refractivity contribution in [1.82, 2.24) is 0 Å². The van der Waals surface area contributed by atoms with E-state index in [0.29, 0.717) is 6.42 Å². The van der Waals surface area contributed by atoms with Crippen LogP contribution in [0.5, 0.6) is 0 Å². The standard InChI is InChI=1S/C20H22O5/c1-23-16-11-9-15(10-12-16)17(14-7-5-4-6-8-14)13-18(19(21)24-2)20(22)25-3/h4-9,11-12,18H,10,13H2,1-3H3/b17-15+. The molecule has 0 aromatic heterocycles. The van der Waals surface area contributed by atoms with Crippen molar-refractivity contribution in [3.8, 4) is 0 Å². The Morgan fingerprint density at radius 2 is 1.64 bits per heavy atom. The Kier molecular flexibility index (Phi) is 6.57. The van der Waals surface area contributed by atoms with Gasteiger partial charge in [0, 0.05) is 0 Å². The van der Waals surface area contributed by atoms with Crippen molar-refractivity contribution in [2.75, 3.05) is 21.3 Å². The van der Waals surface area contributed by atoms with Gasteiger partial charge < -0.3 is 14.2 Å². The molecule has 0 spiro atoms. The fourth-order valence-electron chi connectivity index (χ4n) is 2.73. The van der Waals surface area contributed by atoms with Gasteiger partial charge in [0.25, 0.3) is 0 Å². The minimum absolute atomic E-state index is 0.208. The number of hydrogen-bond acceptors (Lipinski definition) is 5. The Labute approximate surface area is 147 Å².